The molecule has 2 heteroatoms. The standard InChI is InChI=1S/C16H34N2/c1-6-10-17-16-9-7-8-15(16)12-18(5)14(4)11-13(2)3/h13-17H,6-12H2,1-5H3. The number of rotatable bonds is 8. The van der Waals surface area contributed by atoms with Crippen molar-refractivity contribution in [3.63, 3.8) is 0 Å². The molecule has 2 nitrogen and oxygen atoms in total. The van der Waals surface area contributed by atoms with E-state index in [4.69, 9.17) is 0 Å². The topological polar surface area (TPSA) is 15.3 Å². The van der Waals surface area contributed by atoms with Crippen LogP contribution in [0, 0.1) is 11.8 Å². The van der Waals surface area contributed by atoms with Gasteiger partial charge < -0.3 is 10.2 Å². The van der Waals surface area contributed by atoms with Crippen molar-refractivity contribution >= 4 is 0 Å². The zero-order chi connectivity index (χ0) is 13.5. The Labute approximate surface area is 115 Å². The lowest BCUT2D eigenvalue weighted by Gasteiger charge is -2.31. The molecule has 0 spiro atoms. The van der Waals surface area contributed by atoms with Crippen LogP contribution in [0.3, 0.4) is 0 Å². The van der Waals surface area contributed by atoms with Crippen molar-refractivity contribution in [2.24, 2.45) is 11.8 Å². The number of hydrogen-bond donors (Lipinski definition) is 1. The van der Waals surface area contributed by atoms with Crippen LogP contribution in [-0.2, 0) is 0 Å². The van der Waals surface area contributed by atoms with E-state index in [1.807, 2.05) is 0 Å². The maximum Gasteiger partial charge on any atom is 0.0107 e. The summed E-state index contributed by atoms with van der Waals surface area (Å²) in [6, 6.07) is 1.50. The fourth-order valence-corrected chi connectivity index (χ4v) is 3.27. The van der Waals surface area contributed by atoms with Gasteiger partial charge in [0.05, 0.1) is 0 Å². The van der Waals surface area contributed by atoms with Gasteiger partial charge in [0.1, 0.15) is 0 Å². The van der Waals surface area contributed by atoms with Gasteiger partial charge in [-0.1, -0.05) is 27.2 Å². The lowest BCUT2D eigenvalue weighted by molar-refractivity contribution is 0.184. The molecule has 0 aliphatic heterocycles. The summed E-state index contributed by atoms with van der Waals surface area (Å²) >= 11 is 0. The van der Waals surface area contributed by atoms with Crippen LogP contribution in [0.4, 0.5) is 0 Å². The Morgan fingerprint density at radius 3 is 2.56 bits per heavy atom. The SMILES string of the molecule is CCCNC1CCCC1CN(C)C(C)CC(C)C. The van der Waals surface area contributed by atoms with Gasteiger partial charge in [-0.05, 0) is 58.0 Å². The Balaban J connectivity index is 2.35. The van der Waals surface area contributed by atoms with Gasteiger partial charge in [-0.25, -0.2) is 0 Å². The number of nitrogens with one attached hydrogen (secondary N) is 1. The minimum Gasteiger partial charge on any atom is -0.314 e. The molecule has 3 atom stereocenters. The van der Waals surface area contributed by atoms with E-state index in [0.717, 1.165) is 23.9 Å². The molecule has 0 aromatic heterocycles. The molecule has 0 radical (unpaired) electrons. The monoisotopic (exact) mass is 254 g/mol. The highest BCUT2D eigenvalue weighted by Gasteiger charge is 2.28. The first-order valence-corrected chi connectivity index (χ1v) is 7.98. The normalized spacial score (nSPS) is 26.2. The van der Waals surface area contributed by atoms with Crippen molar-refractivity contribution in [2.45, 2.75) is 71.9 Å². The van der Waals surface area contributed by atoms with Gasteiger partial charge in [0.25, 0.3) is 0 Å². The molecular formula is C16H34N2. The summed E-state index contributed by atoms with van der Waals surface area (Å²) in [5.74, 6) is 1.68. The Bertz CT molecular complexity index is 215. The molecule has 1 fully saturated rings. The fourth-order valence-electron chi connectivity index (χ4n) is 3.27. The van der Waals surface area contributed by atoms with E-state index in [2.05, 4.69) is 45.0 Å². The molecule has 0 saturated heterocycles. The third kappa shape index (κ3) is 5.27. The third-order valence-electron chi connectivity index (χ3n) is 4.40. The summed E-state index contributed by atoms with van der Waals surface area (Å²) in [6.45, 7) is 11.7. The highest BCUT2D eigenvalue weighted by Crippen LogP contribution is 2.27. The lowest BCUT2D eigenvalue weighted by atomic mass is 9.99. The van der Waals surface area contributed by atoms with E-state index < -0.39 is 0 Å². The van der Waals surface area contributed by atoms with Crippen LogP contribution in [0.5, 0.6) is 0 Å². The van der Waals surface area contributed by atoms with Crippen LogP contribution in [-0.4, -0.2) is 37.1 Å². The molecule has 1 aliphatic rings. The van der Waals surface area contributed by atoms with Crippen LogP contribution in [0.2, 0.25) is 0 Å². The molecule has 0 amide bonds. The van der Waals surface area contributed by atoms with E-state index in [-0.39, 0.29) is 0 Å². The van der Waals surface area contributed by atoms with Gasteiger partial charge in [0.2, 0.25) is 0 Å². The van der Waals surface area contributed by atoms with E-state index in [0.29, 0.717) is 0 Å². The maximum atomic E-state index is 3.74. The molecule has 0 bridgehead atoms. The summed E-state index contributed by atoms with van der Waals surface area (Å²) in [5.41, 5.74) is 0. The van der Waals surface area contributed by atoms with Gasteiger partial charge in [0.15, 0.2) is 0 Å². The van der Waals surface area contributed by atoms with E-state index in [1.165, 1.54) is 45.2 Å². The van der Waals surface area contributed by atoms with Gasteiger partial charge in [-0.2, -0.15) is 0 Å². The van der Waals surface area contributed by atoms with Crippen LogP contribution in [0.1, 0.15) is 59.8 Å². The van der Waals surface area contributed by atoms with Crippen molar-refractivity contribution < 1.29 is 0 Å². The predicted octanol–water partition coefficient (Wildman–Crippen LogP) is 3.52. The van der Waals surface area contributed by atoms with Crippen LogP contribution >= 0.6 is 0 Å². The van der Waals surface area contributed by atoms with Crippen molar-refractivity contribution in [1.29, 1.82) is 0 Å². The largest absolute Gasteiger partial charge is 0.314 e. The van der Waals surface area contributed by atoms with Crippen molar-refractivity contribution in [1.82, 2.24) is 10.2 Å². The third-order valence-corrected chi connectivity index (χ3v) is 4.40. The second-order valence-electron chi connectivity index (χ2n) is 6.67. The maximum absolute atomic E-state index is 3.74. The molecule has 1 rings (SSSR count). The molecule has 0 aromatic rings. The van der Waals surface area contributed by atoms with Gasteiger partial charge in [-0.15, -0.1) is 0 Å². The zero-order valence-electron chi connectivity index (χ0n) is 13.2. The summed E-state index contributed by atoms with van der Waals surface area (Å²) in [6.07, 6.45) is 6.79. The average molecular weight is 254 g/mol. The van der Waals surface area contributed by atoms with Crippen LogP contribution < -0.4 is 5.32 Å². The molecule has 1 saturated carbocycles. The molecule has 1 aliphatic carbocycles. The van der Waals surface area contributed by atoms with Crippen LogP contribution in [0.25, 0.3) is 0 Å². The Morgan fingerprint density at radius 2 is 1.94 bits per heavy atom. The first-order chi connectivity index (χ1) is 8.54. The van der Waals surface area contributed by atoms with Gasteiger partial charge in [0, 0.05) is 18.6 Å². The van der Waals surface area contributed by atoms with Crippen LogP contribution in [0.15, 0.2) is 0 Å². The molecule has 0 heterocycles. The van der Waals surface area contributed by atoms with Crippen molar-refractivity contribution in [3.8, 4) is 0 Å². The van der Waals surface area contributed by atoms with E-state index in [1.54, 1.807) is 0 Å². The quantitative estimate of drug-likeness (QED) is 0.713. The highest BCUT2D eigenvalue weighted by atomic mass is 15.1. The zero-order valence-corrected chi connectivity index (χ0v) is 13.2. The summed E-state index contributed by atoms with van der Waals surface area (Å²) < 4.78 is 0. The fraction of sp³-hybridized carbons (Fsp3) is 1.00. The first kappa shape index (κ1) is 16.0. The lowest BCUT2D eigenvalue weighted by Crippen LogP contribution is -2.41. The smallest absolute Gasteiger partial charge is 0.0107 e. The highest BCUT2D eigenvalue weighted by molar-refractivity contribution is 4.85. The number of nitrogens with zero attached hydrogens (tertiary/aromatic N) is 1. The molecule has 108 valence electrons. The minimum absolute atomic E-state index is 0.720. The summed E-state index contributed by atoms with van der Waals surface area (Å²) in [4.78, 5) is 2.58. The Kier molecular flexibility index (Phi) is 7.25. The van der Waals surface area contributed by atoms with E-state index in [9.17, 15) is 0 Å². The predicted molar refractivity (Wildman–Crippen MR) is 81.0 cm³/mol. The Hall–Kier alpha value is -0.0800. The second-order valence-corrected chi connectivity index (χ2v) is 6.67. The minimum atomic E-state index is 0.720. The second kappa shape index (κ2) is 8.16. The molecule has 3 unspecified atom stereocenters. The van der Waals surface area contributed by atoms with Gasteiger partial charge >= 0.3 is 0 Å². The average Bonchev–Trinajstić information content (AvgIpc) is 2.72. The molecule has 1 N–H and O–H groups in total. The summed E-state index contributed by atoms with van der Waals surface area (Å²) in [5, 5.41) is 3.74. The van der Waals surface area contributed by atoms with E-state index >= 15 is 0 Å². The van der Waals surface area contributed by atoms with Crippen molar-refractivity contribution in [2.75, 3.05) is 20.1 Å². The Morgan fingerprint density at radius 1 is 1.22 bits per heavy atom. The van der Waals surface area contributed by atoms with Gasteiger partial charge in [-0.3, -0.25) is 0 Å². The molecule has 0 aromatic carbocycles. The number of hydrogen-bond acceptors (Lipinski definition) is 2. The molecular weight excluding hydrogens is 220 g/mol. The van der Waals surface area contributed by atoms with Crippen molar-refractivity contribution in [3.05, 3.63) is 0 Å². The first-order valence-electron chi connectivity index (χ1n) is 7.98. The molecule has 18 heavy (non-hydrogen) atoms. The summed E-state index contributed by atoms with van der Waals surface area (Å²) in [7, 11) is 2.31.